The summed E-state index contributed by atoms with van der Waals surface area (Å²) in [5.41, 5.74) is 4.02. The average molecular weight is 311 g/mol. The molecule has 1 aromatic carbocycles. The Bertz CT molecular complexity index is 708. The first-order chi connectivity index (χ1) is 11.2. The lowest BCUT2D eigenvalue weighted by Crippen LogP contribution is -2.31. The molecule has 1 aliphatic rings. The molecule has 0 saturated carbocycles. The number of H-pyrrole nitrogens is 1. The van der Waals surface area contributed by atoms with E-state index >= 15 is 0 Å². The first-order valence-corrected chi connectivity index (χ1v) is 8.04. The van der Waals surface area contributed by atoms with Gasteiger partial charge in [-0.05, 0) is 48.1 Å². The number of fused-ring (bicyclic) bond motifs is 1. The third-order valence-electron chi connectivity index (χ3n) is 4.24. The van der Waals surface area contributed by atoms with E-state index < -0.39 is 0 Å². The molecule has 3 rings (SSSR count). The van der Waals surface area contributed by atoms with Gasteiger partial charge in [0.15, 0.2) is 0 Å². The second kappa shape index (κ2) is 6.73. The number of amides is 1. The number of benzene rings is 1. The maximum atomic E-state index is 12.2. The van der Waals surface area contributed by atoms with E-state index in [0.29, 0.717) is 11.4 Å². The number of hydrogen-bond acceptors (Lipinski definition) is 4. The highest BCUT2D eigenvalue weighted by Crippen LogP contribution is 2.32. The zero-order chi connectivity index (χ0) is 16.2. The molecule has 1 heterocycles. The third kappa shape index (κ3) is 3.31. The summed E-state index contributed by atoms with van der Waals surface area (Å²) in [4.78, 5) is 12.2. The standard InChI is InChI=1S/C17H21N5O/c1-3-5-11(2)17(23)18-15-7-4-6-12-10-13(8-9-14(12)15)16-19-21-22-20-16/h8-10,15H,2-7H2,1H3,(H,18,23)(H,19,20,21,22). The molecule has 2 N–H and O–H groups in total. The van der Waals surface area contributed by atoms with Crippen LogP contribution in [0.2, 0.25) is 0 Å². The molecule has 23 heavy (non-hydrogen) atoms. The molecule has 1 atom stereocenters. The van der Waals surface area contributed by atoms with Crippen LogP contribution >= 0.6 is 0 Å². The van der Waals surface area contributed by atoms with Crippen molar-refractivity contribution in [2.45, 2.75) is 45.1 Å². The number of carbonyl (C=O) groups excluding carboxylic acids is 1. The smallest absolute Gasteiger partial charge is 0.247 e. The van der Waals surface area contributed by atoms with Gasteiger partial charge < -0.3 is 5.32 Å². The molecule has 0 radical (unpaired) electrons. The van der Waals surface area contributed by atoms with Crippen LogP contribution in [-0.4, -0.2) is 26.5 Å². The molecule has 120 valence electrons. The Morgan fingerprint density at radius 3 is 3.09 bits per heavy atom. The lowest BCUT2D eigenvalue weighted by Gasteiger charge is -2.27. The Hall–Kier alpha value is -2.50. The maximum Gasteiger partial charge on any atom is 0.247 e. The van der Waals surface area contributed by atoms with Crippen molar-refractivity contribution in [3.05, 3.63) is 41.5 Å². The van der Waals surface area contributed by atoms with E-state index in [-0.39, 0.29) is 11.9 Å². The first-order valence-electron chi connectivity index (χ1n) is 8.04. The fourth-order valence-corrected chi connectivity index (χ4v) is 3.06. The topological polar surface area (TPSA) is 83.6 Å². The van der Waals surface area contributed by atoms with Gasteiger partial charge in [-0.25, -0.2) is 0 Å². The molecular formula is C17H21N5O. The summed E-state index contributed by atoms with van der Waals surface area (Å²) in [6.07, 6.45) is 4.68. The SMILES string of the molecule is C=C(CCC)C(=O)NC1CCCc2cc(-c3nn[nH]n3)ccc21. The molecule has 1 amide bonds. The number of aromatic amines is 1. The fraction of sp³-hybridized carbons (Fsp3) is 0.412. The van der Waals surface area contributed by atoms with E-state index in [9.17, 15) is 4.79 Å². The van der Waals surface area contributed by atoms with Crippen LogP contribution in [0.3, 0.4) is 0 Å². The molecule has 6 nitrogen and oxygen atoms in total. The molecule has 0 aliphatic heterocycles. The number of hydrogen-bond donors (Lipinski definition) is 2. The minimum absolute atomic E-state index is 0.0352. The molecule has 1 aliphatic carbocycles. The predicted molar refractivity (Wildman–Crippen MR) is 87.5 cm³/mol. The van der Waals surface area contributed by atoms with Gasteiger partial charge in [-0.15, -0.1) is 10.2 Å². The van der Waals surface area contributed by atoms with Crippen LogP contribution in [0.25, 0.3) is 11.4 Å². The largest absolute Gasteiger partial charge is 0.346 e. The first kappa shape index (κ1) is 15.4. The zero-order valence-electron chi connectivity index (χ0n) is 13.3. The van der Waals surface area contributed by atoms with Crippen molar-refractivity contribution in [1.82, 2.24) is 25.9 Å². The highest BCUT2D eigenvalue weighted by Gasteiger charge is 2.23. The van der Waals surface area contributed by atoms with Crippen molar-refractivity contribution in [2.75, 3.05) is 0 Å². The maximum absolute atomic E-state index is 12.2. The van der Waals surface area contributed by atoms with Crippen molar-refractivity contribution in [1.29, 1.82) is 0 Å². The van der Waals surface area contributed by atoms with Crippen molar-refractivity contribution in [3.63, 3.8) is 0 Å². The van der Waals surface area contributed by atoms with Gasteiger partial charge >= 0.3 is 0 Å². The number of rotatable bonds is 5. The minimum atomic E-state index is -0.0352. The van der Waals surface area contributed by atoms with Crippen LogP contribution < -0.4 is 5.32 Å². The van der Waals surface area contributed by atoms with E-state index in [1.54, 1.807) is 0 Å². The van der Waals surface area contributed by atoms with Crippen molar-refractivity contribution >= 4 is 5.91 Å². The second-order valence-electron chi connectivity index (χ2n) is 5.92. The number of nitrogens with one attached hydrogen (secondary N) is 2. The quantitative estimate of drug-likeness (QED) is 0.832. The van der Waals surface area contributed by atoms with Gasteiger partial charge in [0, 0.05) is 11.1 Å². The Morgan fingerprint density at radius 1 is 1.48 bits per heavy atom. The molecule has 6 heteroatoms. The summed E-state index contributed by atoms with van der Waals surface area (Å²) >= 11 is 0. The summed E-state index contributed by atoms with van der Waals surface area (Å²) in [5.74, 6) is 0.558. The van der Waals surface area contributed by atoms with E-state index in [4.69, 9.17) is 0 Å². The van der Waals surface area contributed by atoms with Crippen molar-refractivity contribution < 1.29 is 4.79 Å². The molecule has 2 aromatic rings. The van der Waals surface area contributed by atoms with Crippen LogP contribution in [-0.2, 0) is 11.2 Å². The molecule has 0 bridgehead atoms. The summed E-state index contributed by atoms with van der Waals surface area (Å²) in [6, 6.07) is 6.20. The lowest BCUT2D eigenvalue weighted by atomic mass is 9.86. The monoisotopic (exact) mass is 311 g/mol. The molecule has 1 aromatic heterocycles. The number of tetrazole rings is 1. The predicted octanol–water partition coefficient (Wildman–Crippen LogP) is 2.72. The number of nitrogens with zero attached hydrogens (tertiary/aromatic N) is 3. The Balaban J connectivity index is 1.80. The van der Waals surface area contributed by atoms with Crippen LogP contribution in [0.15, 0.2) is 30.4 Å². The summed E-state index contributed by atoms with van der Waals surface area (Å²) in [5, 5.41) is 17.2. The third-order valence-corrected chi connectivity index (χ3v) is 4.24. The van der Waals surface area contributed by atoms with Gasteiger partial charge in [0.1, 0.15) is 0 Å². The number of carbonyl (C=O) groups is 1. The zero-order valence-corrected chi connectivity index (χ0v) is 13.3. The lowest BCUT2D eigenvalue weighted by molar-refractivity contribution is -0.118. The Labute approximate surface area is 135 Å². The van der Waals surface area contributed by atoms with Gasteiger partial charge in [-0.2, -0.15) is 5.21 Å². The van der Waals surface area contributed by atoms with Crippen LogP contribution in [0.1, 0.15) is 49.8 Å². The van der Waals surface area contributed by atoms with Crippen LogP contribution in [0, 0.1) is 0 Å². The fourth-order valence-electron chi connectivity index (χ4n) is 3.06. The Kier molecular flexibility index (Phi) is 4.50. The number of aryl methyl sites for hydroxylation is 1. The summed E-state index contributed by atoms with van der Waals surface area (Å²) in [7, 11) is 0. The van der Waals surface area contributed by atoms with E-state index in [2.05, 4.69) is 44.7 Å². The van der Waals surface area contributed by atoms with Crippen molar-refractivity contribution in [2.24, 2.45) is 0 Å². The van der Waals surface area contributed by atoms with E-state index in [0.717, 1.165) is 37.7 Å². The second-order valence-corrected chi connectivity index (χ2v) is 5.92. The molecule has 0 saturated heterocycles. The molecule has 0 fully saturated rings. The highest BCUT2D eigenvalue weighted by atomic mass is 16.1. The summed E-state index contributed by atoms with van der Waals surface area (Å²) in [6.45, 7) is 5.92. The number of aromatic nitrogens is 4. The van der Waals surface area contributed by atoms with E-state index in [1.165, 1.54) is 11.1 Å². The summed E-state index contributed by atoms with van der Waals surface area (Å²) < 4.78 is 0. The van der Waals surface area contributed by atoms with Gasteiger partial charge in [0.25, 0.3) is 0 Å². The average Bonchev–Trinajstić information content (AvgIpc) is 3.09. The van der Waals surface area contributed by atoms with Gasteiger partial charge in [0.2, 0.25) is 11.7 Å². The normalized spacial score (nSPS) is 16.7. The van der Waals surface area contributed by atoms with Crippen molar-refractivity contribution in [3.8, 4) is 11.4 Å². The molecule has 1 unspecified atom stereocenters. The minimum Gasteiger partial charge on any atom is -0.346 e. The highest BCUT2D eigenvalue weighted by molar-refractivity contribution is 5.93. The molecule has 0 spiro atoms. The molecular weight excluding hydrogens is 290 g/mol. The van der Waals surface area contributed by atoms with Gasteiger partial charge in [0.05, 0.1) is 6.04 Å². The van der Waals surface area contributed by atoms with E-state index in [1.807, 2.05) is 13.0 Å². The van der Waals surface area contributed by atoms with Crippen LogP contribution in [0.5, 0.6) is 0 Å². The Morgan fingerprint density at radius 2 is 2.35 bits per heavy atom. The van der Waals surface area contributed by atoms with Gasteiger partial charge in [-0.3, -0.25) is 4.79 Å². The van der Waals surface area contributed by atoms with Gasteiger partial charge in [-0.1, -0.05) is 32.1 Å². The van der Waals surface area contributed by atoms with Crippen LogP contribution in [0.4, 0.5) is 0 Å².